The normalized spacial score (nSPS) is 11.5. The number of hydrogen-bond donors (Lipinski definition) is 1. The minimum absolute atomic E-state index is 0.298. The van der Waals surface area contributed by atoms with Crippen molar-refractivity contribution in [1.82, 2.24) is 15.3 Å². The van der Waals surface area contributed by atoms with Crippen LogP contribution in [0.15, 0.2) is 45.6 Å². The van der Waals surface area contributed by atoms with Gasteiger partial charge in [-0.3, -0.25) is 4.72 Å². The van der Waals surface area contributed by atoms with Gasteiger partial charge in [0.15, 0.2) is 5.82 Å². The molecule has 0 amide bonds. The van der Waals surface area contributed by atoms with Crippen LogP contribution in [0, 0.1) is 0 Å². The molecule has 1 aromatic carbocycles. The highest BCUT2D eigenvalue weighted by atomic mass is 32.2. The van der Waals surface area contributed by atoms with Gasteiger partial charge in [-0.25, -0.2) is 8.42 Å². The van der Waals surface area contributed by atoms with Gasteiger partial charge in [0.25, 0.3) is 5.89 Å². The summed E-state index contributed by atoms with van der Waals surface area (Å²) in [5.74, 6) is 1.37. The molecule has 8 nitrogen and oxygen atoms in total. The molecule has 0 atom stereocenters. The molecular formula is C13H12N4O4S. The fourth-order valence-corrected chi connectivity index (χ4v) is 2.42. The van der Waals surface area contributed by atoms with E-state index in [0.717, 1.165) is 6.26 Å². The third-order valence-electron chi connectivity index (χ3n) is 2.70. The number of rotatable bonds is 5. The van der Waals surface area contributed by atoms with Crippen molar-refractivity contribution in [2.75, 3.05) is 11.0 Å². The molecule has 0 spiro atoms. The molecule has 2 heterocycles. The van der Waals surface area contributed by atoms with Gasteiger partial charge in [-0.05, 0) is 18.2 Å². The Hall–Kier alpha value is -2.68. The van der Waals surface area contributed by atoms with E-state index in [4.69, 9.17) is 9.05 Å². The molecule has 22 heavy (non-hydrogen) atoms. The summed E-state index contributed by atoms with van der Waals surface area (Å²) in [7, 11) is -3.34. The second-order valence-electron chi connectivity index (χ2n) is 4.63. The highest BCUT2D eigenvalue weighted by molar-refractivity contribution is 7.92. The summed E-state index contributed by atoms with van der Waals surface area (Å²) >= 11 is 0. The van der Waals surface area contributed by atoms with Crippen molar-refractivity contribution in [2.45, 2.75) is 6.42 Å². The molecule has 0 aliphatic rings. The summed E-state index contributed by atoms with van der Waals surface area (Å²) in [4.78, 5) is 4.25. The third kappa shape index (κ3) is 3.50. The lowest BCUT2D eigenvalue weighted by Crippen LogP contribution is -2.09. The average molecular weight is 320 g/mol. The van der Waals surface area contributed by atoms with Crippen LogP contribution in [-0.2, 0) is 16.4 Å². The zero-order chi connectivity index (χ0) is 15.6. The lowest BCUT2D eigenvalue weighted by atomic mass is 10.2. The predicted octanol–water partition coefficient (Wildman–Crippen LogP) is 1.69. The van der Waals surface area contributed by atoms with Crippen LogP contribution in [0.4, 0.5) is 5.69 Å². The Morgan fingerprint density at radius 3 is 2.82 bits per heavy atom. The number of nitrogens with one attached hydrogen (secondary N) is 1. The van der Waals surface area contributed by atoms with Crippen molar-refractivity contribution in [3.8, 4) is 11.5 Å². The van der Waals surface area contributed by atoms with E-state index < -0.39 is 10.0 Å². The molecule has 1 N–H and O–H groups in total. The third-order valence-corrected chi connectivity index (χ3v) is 3.31. The van der Waals surface area contributed by atoms with Crippen molar-refractivity contribution in [3.05, 3.63) is 48.1 Å². The van der Waals surface area contributed by atoms with Crippen LogP contribution < -0.4 is 4.72 Å². The molecule has 2 aromatic heterocycles. The van der Waals surface area contributed by atoms with Crippen LogP contribution >= 0.6 is 0 Å². The van der Waals surface area contributed by atoms with Crippen LogP contribution in [0.3, 0.4) is 0 Å². The Bertz CT molecular complexity index is 871. The molecule has 0 unspecified atom stereocenters. The van der Waals surface area contributed by atoms with Gasteiger partial charge in [0, 0.05) is 17.3 Å². The first-order chi connectivity index (χ1) is 10.5. The molecule has 3 aromatic rings. The first kappa shape index (κ1) is 14.3. The van der Waals surface area contributed by atoms with E-state index in [2.05, 4.69) is 20.0 Å². The van der Waals surface area contributed by atoms with Crippen LogP contribution in [0.1, 0.15) is 11.6 Å². The van der Waals surface area contributed by atoms with Crippen molar-refractivity contribution >= 4 is 15.7 Å². The van der Waals surface area contributed by atoms with E-state index in [9.17, 15) is 8.42 Å². The molecular weight excluding hydrogens is 308 g/mol. The van der Waals surface area contributed by atoms with Gasteiger partial charge in [0.05, 0.1) is 18.9 Å². The SMILES string of the molecule is CS(=O)(=O)Nc1cccc(-c2nc(Cc3ccno3)no2)c1. The molecule has 0 saturated carbocycles. The molecule has 0 saturated heterocycles. The summed E-state index contributed by atoms with van der Waals surface area (Å²) in [5.41, 5.74) is 1.04. The lowest BCUT2D eigenvalue weighted by Gasteiger charge is -2.04. The van der Waals surface area contributed by atoms with E-state index in [1.54, 1.807) is 30.3 Å². The van der Waals surface area contributed by atoms with Crippen LogP contribution in [0.2, 0.25) is 0 Å². The van der Waals surface area contributed by atoms with Crippen molar-refractivity contribution in [1.29, 1.82) is 0 Å². The van der Waals surface area contributed by atoms with Crippen LogP contribution in [0.25, 0.3) is 11.5 Å². The zero-order valence-corrected chi connectivity index (χ0v) is 12.4. The summed E-state index contributed by atoms with van der Waals surface area (Å²) in [6.07, 6.45) is 2.99. The maximum Gasteiger partial charge on any atom is 0.258 e. The minimum atomic E-state index is -3.34. The predicted molar refractivity (Wildman–Crippen MR) is 77.5 cm³/mol. The van der Waals surface area contributed by atoms with E-state index in [1.165, 1.54) is 6.20 Å². The largest absolute Gasteiger partial charge is 0.361 e. The van der Waals surface area contributed by atoms with Crippen LogP contribution in [0.5, 0.6) is 0 Å². The maximum atomic E-state index is 11.3. The fourth-order valence-electron chi connectivity index (χ4n) is 1.86. The maximum absolute atomic E-state index is 11.3. The van der Waals surface area contributed by atoms with E-state index in [1.807, 2.05) is 0 Å². The van der Waals surface area contributed by atoms with Crippen LogP contribution in [-0.4, -0.2) is 30.0 Å². The number of hydrogen-bond acceptors (Lipinski definition) is 7. The van der Waals surface area contributed by atoms with Crippen molar-refractivity contribution in [2.24, 2.45) is 0 Å². The Balaban J connectivity index is 1.82. The van der Waals surface area contributed by atoms with Gasteiger partial charge in [0.2, 0.25) is 10.0 Å². The summed E-state index contributed by atoms with van der Waals surface area (Å²) in [5, 5.41) is 7.46. The number of anilines is 1. The average Bonchev–Trinajstić information content (AvgIpc) is 3.09. The van der Waals surface area contributed by atoms with E-state index >= 15 is 0 Å². The van der Waals surface area contributed by atoms with Gasteiger partial charge in [0.1, 0.15) is 5.76 Å². The molecule has 9 heteroatoms. The molecule has 0 aliphatic carbocycles. The number of nitrogens with zero attached hydrogens (tertiary/aromatic N) is 3. The molecule has 114 valence electrons. The number of aromatic nitrogens is 3. The molecule has 3 rings (SSSR count). The van der Waals surface area contributed by atoms with Gasteiger partial charge < -0.3 is 9.05 Å². The molecule has 0 bridgehead atoms. The summed E-state index contributed by atoms with van der Waals surface area (Å²) in [6.45, 7) is 0. The monoisotopic (exact) mass is 320 g/mol. The molecule has 0 aliphatic heterocycles. The smallest absolute Gasteiger partial charge is 0.258 e. The molecule has 0 radical (unpaired) electrons. The zero-order valence-electron chi connectivity index (χ0n) is 11.6. The van der Waals surface area contributed by atoms with Crippen molar-refractivity contribution < 1.29 is 17.5 Å². The Kier molecular flexibility index (Phi) is 3.63. The topological polar surface area (TPSA) is 111 Å². The van der Waals surface area contributed by atoms with E-state index in [-0.39, 0.29) is 0 Å². The first-order valence-electron chi connectivity index (χ1n) is 6.30. The van der Waals surface area contributed by atoms with Crippen molar-refractivity contribution in [3.63, 3.8) is 0 Å². The van der Waals surface area contributed by atoms with Gasteiger partial charge in [-0.1, -0.05) is 16.4 Å². The molecule has 0 fully saturated rings. The minimum Gasteiger partial charge on any atom is -0.361 e. The Labute approximate surface area is 126 Å². The lowest BCUT2D eigenvalue weighted by molar-refractivity contribution is 0.382. The second-order valence-corrected chi connectivity index (χ2v) is 6.37. The standard InChI is InChI=1S/C13H12N4O4S/c1-22(18,19)17-10-4-2-3-9(7-10)13-15-12(16-21-13)8-11-5-6-14-20-11/h2-7,17H,8H2,1H3. The second kappa shape index (κ2) is 5.60. The first-order valence-corrected chi connectivity index (χ1v) is 8.19. The highest BCUT2D eigenvalue weighted by Gasteiger charge is 2.12. The Morgan fingerprint density at radius 2 is 2.09 bits per heavy atom. The fraction of sp³-hybridized carbons (Fsp3) is 0.154. The van der Waals surface area contributed by atoms with E-state index in [0.29, 0.717) is 35.1 Å². The quantitative estimate of drug-likeness (QED) is 0.761. The summed E-state index contributed by atoms with van der Waals surface area (Å²) in [6, 6.07) is 8.41. The summed E-state index contributed by atoms with van der Waals surface area (Å²) < 4.78 is 35.1. The number of benzene rings is 1. The van der Waals surface area contributed by atoms with Gasteiger partial charge in [-0.15, -0.1) is 0 Å². The van der Waals surface area contributed by atoms with Gasteiger partial charge >= 0.3 is 0 Å². The highest BCUT2D eigenvalue weighted by Crippen LogP contribution is 2.22. The number of sulfonamides is 1. The van der Waals surface area contributed by atoms with Gasteiger partial charge in [-0.2, -0.15) is 4.98 Å². The Morgan fingerprint density at radius 1 is 1.23 bits per heavy atom.